The maximum absolute atomic E-state index is 11.4. The maximum atomic E-state index is 11.4. The molecule has 0 bridgehead atoms. The van der Waals surface area contributed by atoms with E-state index in [1.165, 1.54) is 11.1 Å². The number of carbonyl (C=O) groups is 1. The molecule has 0 aliphatic carbocycles. The van der Waals surface area contributed by atoms with E-state index in [0.29, 0.717) is 5.69 Å². The Hall–Kier alpha value is -3.04. The lowest BCUT2D eigenvalue weighted by molar-refractivity contribution is 0.101. The van der Waals surface area contributed by atoms with Crippen LogP contribution in [0.4, 0.5) is 0 Å². The number of hydrogen-bond donors (Lipinski definition) is 0. The number of benzene rings is 2. The minimum absolute atomic E-state index is 0.000154. The van der Waals surface area contributed by atoms with Crippen LogP contribution >= 0.6 is 11.6 Å². The van der Waals surface area contributed by atoms with Crippen LogP contribution in [0.3, 0.4) is 0 Å². The number of pyridine rings is 1. The van der Waals surface area contributed by atoms with Crippen LogP contribution in [0.15, 0.2) is 78.1 Å². The number of hydrogen-bond acceptors (Lipinski definition) is 3. The highest BCUT2D eigenvalue weighted by atomic mass is 35.5. The summed E-state index contributed by atoms with van der Waals surface area (Å²) in [6, 6.07) is 18.0. The van der Waals surface area contributed by atoms with Gasteiger partial charge in [-0.2, -0.15) is 0 Å². The Morgan fingerprint density at radius 2 is 1.66 bits per heavy atom. The maximum Gasteiger partial charge on any atom is 0.178 e. The molecule has 3 nitrogen and oxygen atoms in total. The third-order valence-electron chi connectivity index (χ3n) is 4.62. The molecule has 3 aromatic rings. The van der Waals surface area contributed by atoms with Gasteiger partial charge in [0, 0.05) is 30.6 Å². The van der Waals surface area contributed by atoms with Crippen LogP contribution in [0.1, 0.15) is 54.9 Å². The first-order chi connectivity index (χ1) is 15.3. The largest absolute Gasteiger partial charge is 0.293 e. The number of nitrogens with zero attached hydrogens (tertiary/aromatic N) is 2. The number of halogens is 1. The van der Waals surface area contributed by atoms with Gasteiger partial charge in [0.05, 0.1) is 0 Å². The summed E-state index contributed by atoms with van der Waals surface area (Å²) in [6.45, 7) is 11.6. The molecule has 0 unspecified atom stereocenters. The Bertz CT molecular complexity index is 1040. The van der Waals surface area contributed by atoms with Crippen molar-refractivity contribution >= 4 is 23.6 Å². The summed E-state index contributed by atoms with van der Waals surface area (Å²) in [5.41, 5.74) is 6.28. The molecule has 3 rings (SSSR count). The van der Waals surface area contributed by atoms with Crippen LogP contribution in [-0.2, 0) is 6.42 Å². The molecule has 0 N–H and O–H groups in total. The fourth-order valence-electron chi connectivity index (χ4n) is 2.84. The average Bonchev–Trinajstić information content (AvgIpc) is 2.79. The van der Waals surface area contributed by atoms with Crippen molar-refractivity contribution in [2.45, 2.75) is 48.0 Å². The quantitative estimate of drug-likeness (QED) is 0.299. The summed E-state index contributed by atoms with van der Waals surface area (Å²) in [5, 5.41) is 0.875. The molecule has 0 radical (unpaired) electrons. The number of ketones is 1. The predicted molar refractivity (Wildman–Crippen MR) is 139 cm³/mol. The van der Waals surface area contributed by atoms with E-state index in [1.807, 2.05) is 69.3 Å². The van der Waals surface area contributed by atoms with Crippen LogP contribution < -0.4 is 0 Å². The molecule has 1 aromatic heterocycles. The molecule has 0 fully saturated rings. The first kappa shape index (κ1) is 27.0. The van der Waals surface area contributed by atoms with E-state index in [0.717, 1.165) is 28.1 Å². The summed E-state index contributed by atoms with van der Waals surface area (Å²) in [5.74, 6) is -0.000154. The van der Waals surface area contributed by atoms with Crippen LogP contribution in [0.5, 0.6) is 0 Å². The number of allylic oxidation sites excluding steroid dienone is 1. The van der Waals surface area contributed by atoms with Crippen molar-refractivity contribution in [1.29, 1.82) is 0 Å². The lowest BCUT2D eigenvalue weighted by Gasteiger charge is -2.09. The smallest absolute Gasteiger partial charge is 0.178 e. The summed E-state index contributed by atoms with van der Waals surface area (Å²) < 4.78 is 0. The van der Waals surface area contributed by atoms with E-state index in [-0.39, 0.29) is 5.78 Å². The fraction of sp³-hybridized carbons (Fsp3) is 0.250. The van der Waals surface area contributed by atoms with Crippen LogP contribution in [-0.4, -0.2) is 17.0 Å². The van der Waals surface area contributed by atoms with Gasteiger partial charge in [0.25, 0.3) is 0 Å². The molecule has 2 aromatic carbocycles. The molecule has 0 amide bonds. The Kier molecular flexibility index (Phi) is 12.5. The lowest BCUT2D eigenvalue weighted by atomic mass is 9.97. The molecule has 32 heavy (non-hydrogen) atoms. The second-order valence-corrected chi connectivity index (χ2v) is 7.50. The van der Waals surface area contributed by atoms with Gasteiger partial charge in [-0.15, -0.1) is 0 Å². The summed E-state index contributed by atoms with van der Waals surface area (Å²) in [7, 11) is 0. The monoisotopic (exact) mass is 448 g/mol. The normalized spacial score (nSPS) is 10.3. The highest BCUT2D eigenvalue weighted by molar-refractivity contribution is 6.31. The minimum Gasteiger partial charge on any atom is -0.293 e. The zero-order valence-electron chi connectivity index (χ0n) is 19.9. The van der Waals surface area contributed by atoms with E-state index in [2.05, 4.69) is 36.0 Å². The molecule has 168 valence electrons. The number of aliphatic imine (C=N–C) groups is 1. The van der Waals surface area contributed by atoms with E-state index >= 15 is 0 Å². The third-order valence-corrected chi connectivity index (χ3v) is 4.99. The number of rotatable bonds is 4. The lowest BCUT2D eigenvalue weighted by Crippen LogP contribution is -1.98. The minimum atomic E-state index is -0.000154. The molecule has 0 saturated carbocycles. The van der Waals surface area contributed by atoms with E-state index in [4.69, 9.17) is 11.6 Å². The molecule has 0 aliphatic rings. The Balaban J connectivity index is 0.000000285. The summed E-state index contributed by atoms with van der Waals surface area (Å²) >= 11 is 5.82. The number of carbonyl (C=O) groups excluding carboxylic acids is 1. The van der Waals surface area contributed by atoms with Gasteiger partial charge in [-0.25, -0.2) is 0 Å². The van der Waals surface area contributed by atoms with Crippen LogP contribution in [0.2, 0.25) is 5.02 Å². The summed E-state index contributed by atoms with van der Waals surface area (Å²) in [4.78, 5) is 19.3. The van der Waals surface area contributed by atoms with Gasteiger partial charge in [0.2, 0.25) is 0 Å². The molecule has 1 heterocycles. The van der Waals surface area contributed by atoms with Gasteiger partial charge < -0.3 is 0 Å². The van der Waals surface area contributed by atoms with Gasteiger partial charge in [0.15, 0.2) is 5.78 Å². The van der Waals surface area contributed by atoms with Crippen molar-refractivity contribution < 1.29 is 4.79 Å². The number of aryl methyl sites for hydroxylation is 3. The second-order valence-electron chi connectivity index (χ2n) is 7.09. The third kappa shape index (κ3) is 8.99. The molecule has 0 saturated heterocycles. The Labute approximate surface area is 197 Å². The molecular weight excluding hydrogens is 416 g/mol. The SMILES string of the molecule is CC(=O)c1cc(-c2ccccc2C)c(C)cn1.CC=N/C=C\C.CCc1ccccc1Cl. The van der Waals surface area contributed by atoms with Gasteiger partial charge in [0.1, 0.15) is 5.69 Å². The van der Waals surface area contributed by atoms with Crippen molar-refractivity contribution in [1.82, 2.24) is 4.98 Å². The van der Waals surface area contributed by atoms with Gasteiger partial charge in [-0.05, 0) is 74.1 Å². The van der Waals surface area contributed by atoms with Gasteiger partial charge in [-0.3, -0.25) is 14.8 Å². The van der Waals surface area contributed by atoms with Gasteiger partial charge >= 0.3 is 0 Å². The highest BCUT2D eigenvalue weighted by Gasteiger charge is 2.08. The van der Waals surface area contributed by atoms with E-state index < -0.39 is 0 Å². The molecule has 4 heteroatoms. The van der Waals surface area contributed by atoms with E-state index in [1.54, 1.807) is 25.5 Å². The standard InChI is InChI=1S/C15H15NO.C8H9Cl.C5H9N/c1-10-6-4-5-7-13(10)14-8-15(12(3)17)16-9-11(14)2;1-2-7-5-3-4-6-8(7)9;1-3-5-6-4-2/h4-9H,1-3H3;3-6H,2H2,1H3;3-5H,1-2H3/b;;5-3-,6-4?. The first-order valence-electron chi connectivity index (χ1n) is 10.7. The highest BCUT2D eigenvalue weighted by Crippen LogP contribution is 2.26. The van der Waals surface area contributed by atoms with Crippen LogP contribution in [0, 0.1) is 13.8 Å². The van der Waals surface area contributed by atoms with Gasteiger partial charge in [-0.1, -0.05) is 67.1 Å². The van der Waals surface area contributed by atoms with Crippen molar-refractivity contribution in [2.24, 2.45) is 4.99 Å². The topological polar surface area (TPSA) is 42.3 Å². The molecule has 0 aliphatic heterocycles. The Morgan fingerprint density at radius 1 is 1.00 bits per heavy atom. The number of Topliss-reactive ketones (excluding diaryl/α,β-unsaturated/α-hetero) is 1. The Morgan fingerprint density at radius 3 is 2.16 bits per heavy atom. The second kappa shape index (κ2) is 14.9. The summed E-state index contributed by atoms with van der Waals surface area (Å²) in [6.07, 6.45) is 8.16. The van der Waals surface area contributed by atoms with Crippen molar-refractivity contribution in [3.8, 4) is 11.1 Å². The molecule has 0 spiro atoms. The van der Waals surface area contributed by atoms with Crippen molar-refractivity contribution in [3.63, 3.8) is 0 Å². The van der Waals surface area contributed by atoms with Crippen molar-refractivity contribution in [2.75, 3.05) is 0 Å². The van der Waals surface area contributed by atoms with E-state index in [9.17, 15) is 4.79 Å². The van der Waals surface area contributed by atoms with Crippen LogP contribution in [0.25, 0.3) is 11.1 Å². The molecular formula is C28H33ClN2O. The molecule has 0 atom stereocenters. The average molecular weight is 449 g/mol. The number of aromatic nitrogens is 1. The zero-order valence-corrected chi connectivity index (χ0v) is 20.6. The predicted octanol–water partition coefficient (Wildman–Crippen LogP) is 8.08. The zero-order chi connectivity index (χ0) is 23.9. The first-order valence-corrected chi connectivity index (χ1v) is 11.1. The fourth-order valence-corrected chi connectivity index (χ4v) is 3.11. The van der Waals surface area contributed by atoms with Crippen molar-refractivity contribution in [3.05, 3.63) is 100 Å².